The standard InChI is InChI=1S/C15H12ClN3O2/c16-15(11-6-2-1-3-7-11)12(14(17)20)10-19(21-15)13-8-4-5-9-18-13/h1-10H,(H2,17,20). The van der Waals surface area contributed by atoms with Gasteiger partial charge in [0.05, 0.1) is 5.57 Å². The van der Waals surface area contributed by atoms with Gasteiger partial charge in [-0.3, -0.25) is 4.79 Å². The van der Waals surface area contributed by atoms with Crippen molar-refractivity contribution in [2.24, 2.45) is 5.73 Å². The maximum absolute atomic E-state index is 11.7. The van der Waals surface area contributed by atoms with Crippen molar-refractivity contribution in [1.29, 1.82) is 0 Å². The zero-order chi connectivity index (χ0) is 14.9. The lowest BCUT2D eigenvalue weighted by molar-refractivity contribution is -0.115. The van der Waals surface area contributed by atoms with Gasteiger partial charge in [-0.25, -0.2) is 14.9 Å². The van der Waals surface area contributed by atoms with Crippen LogP contribution in [0.1, 0.15) is 5.56 Å². The van der Waals surface area contributed by atoms with Gasteiger partial charge in [0.2, 0.25) is 5.06 Å². The topological polar surface area (TPSA) is 68.5 Å². The van der Waals surface area contributed by atoms with Crippen molar-refractivity contribution in [3.8, 4) is 0 Å². The molecule has 0 saturated heterocycles. The second-order valence-electron chi connectivity index (χ2n) is 4.47. The summed E-state index contributed by atoms with van der Waals surface area (Å²) < 4.78 is 0. The SMILES string of the molecule is NC(=O)C1=CN(c2ccccn2)OC1(Cl)c1ccccc1. The number of hydroxylamine groups is 1. The molecule has 106 valence electrons. The van der Waals surface area contributed by atoms with E-state index in [-0.39, 0.29) is 5.57 Å². The minimum absolute atomic E-state index is 0.154. The fourth-order valence-electron chi connectivity index (χ4n) is 2.09. The summed E-state index contributed by atoms with van der Waals surface area (Å²) in [6.07, 6.45) is 3.08. The Labute approximate surface area is 126 Å². The summed E-state index contributed by atoms with van der Waals surface area (Å²) in [5.41, 5.74) is 6.21. The molecule has 0 aliphatic carbocycles. The van der Waals surface area contributed by atoms with E-state index in [1.165, 1.54) is 11.3 Å². The number of primary amides is 1. The maximum Gasteiger partial charge on any atom is 0.250 e. The predicted molar refractivity (Wildman–Crippen MR) is 79.1 cm³/mol. The Balaban J connectivity index is 2.04. The number of pyridine rings is 1. The average Bonchev–Trinajstić information content (AvgIpc) is 2.89. The third kappa shape index (κ3) is 2.37. The van der Waals surface area contributed by atoms with Crippen LogP contribution in [-0.4, -0.2) is 10.9 Å². The molecule has 1 atom stereocenters. The lowest BCUT2D eigenvalue weighted by Gasteiger charge is -2.25. The Kier molecular flexibility index (Phi) is 3.37. The normalized spacial score (nSPS) is 21.2. The van der Waals surface area contributed by atoms with E-state index in [1.54, 1.807) is 36.5 Å². The van der Waals surface area contributed by atoms with Crippen molar-refractivity contribution in [3.05, 3.63) is 72.1 Å². The molecule has 2 aromatic rings. The number of halogens is 1. The van der Waals surface area contributed by atoms with Gasteiger partial charge in [0.25, 0.3) is 5.91 Å². The van der Waals surface area contributed by atoms with Crippen LogP contribution >= 0.6 is 11.6 Å². The van der Waals surface area contributed by atoms with Gasteiger partial charge in [0.1, 0.15) is 0 Å². The molecule has 6 heteroatoms. The summed E-state index contributed by atoms with van der Waals surface area (Å²) in [6.45, 7) is 0. The van der Waals surface area contributed by atoms with Crippen LogP contribution < -0.4 is 10.8 Å². The van der Waals surface area contributed by atoms with Crippen LogP contribution in [0.3, 0.4) is 0 Å². The van der Waals surface area contributed by atoms with E-state index in [1.807, 2.05) is 18.2 Å². The van der Waals surface area contributed by atoms with Gasteiger partial charge in [0.15, 0.2) is 5.82 Å². The zero-order valence-corrected chi connectivity index (χ0v) is 11.7. The molecule has 0 spiro atoms. The Hall–Kier alpha value is -2.37. The van der Waals surface area contributed by atoms with Gasteiger partial charge in [-0.1, -0.05) is 48.0 Å². The first-order valence-corrected chi connectivity index (χ1v) is 6.65. The third-order valence-electron chi connectivity index (χ3n) is 3.10. The highest BCUT2D eigenvalue weighted by Crippen LogP contribution is 2.44. The van der Waals surface area contributed by atoms with Crippen LogP contribution in [0.15, 0.2) is 66.5 Å². The van der Waals surface area contributed by atoms with Gasteiger partial charge >= 0.3 is 0 Å². The second-order valence-corrected chi connectivity index (χ2v) is 5.01. The number of nitrogens with two attached hydrogens (primary N) is 1. The summed E-state index contributed by atoms with van der Waals surface area (Å²) in [4.78, 5) is 21.6. The van der Waals surface area contributed by atoms with Crippen molar-refractivity contribution in [2.75, 3.05) is 5.06 Å². The van der Waals surface area contributed by atoms with Gasteiger partial charge in [-0.15, -0.1) is 0 Å². The third-order valence-corrected chi connectivity index (χ3v) is 3.59. The molecule has 2 N–H and O–H groups in total. The fourth-order valence-corrected chi connectivity index (χ4v) is 2.43. The molecule has 1 aromatic carbocycles. The molecule has 0 bridgehead atoms. The van der Waals surface area contributed by atoms with Crippen LogP contribution in [0.2, 0.25) is 0 Å². The smallest absolute Gasteiger partial charge is 0.250 e. The molecule has 1 aliphatic heterocycles. The van der Waals surface area contributed by atoms with E-state index in [4.69, 9.17) is 22.2 Å². The Morgan fingerprint density at radius 1 is 1.19 bits per heavy atom. The number of rotatable bonds is 3. The number of carbonyl (C=O) groups is 1. The van der Waals surface area contributed by atoms with E-state index < -0.39 is 11.0 Å². The number of amides is 1. The first kappa shape index (κ1) is 13.6. The van der Waals surface area contributed by atoms with Crippen LogP contribution in [0.5, 0.6) is 0 Å². The maximum atomic E-state index is 11.7. The summed E-state index contributed by atoms with van der Waals surface area (Å²) in [7, 11) is 0. The Bertz CT molecular complexity index is 691. The molecule has 1 amide bonds. The molecule has 0 saturated carbocycles. The molecule has 0 fully saturated rings. The molecule has 1 aliphatic rings. The second kappa shape index (κ2) is 5.20. The van der Waals surface area contributed by atoms with Crippen LogP contribution in [0.4, 0.5) is 5.82 Å². The first-order chi connectivity index (χ1) is 10.1. The van der Waals surface area contributed by atoms with Gasteiger partial charge < -0.3 is 5.73 Å². The van der Waals surface area contributed by atoms with Gasteiger partial charge in [-0.05, 0) is 12.1 Å². The first-order valence-electron chi connectivity index (χ1n) is 6.27. The van der Waals surface area contributed by atoms with Crippen molar-refractivity contribution in [2.45, 2.75) is 5.06 Å². The number of carbonyl (C=O) groups excluding carboxylic acids is 1. The zero-order valence-electron chi connectivity index (χ0n) is 10.9. The minimum Gasteiger partial charge on any atom is -0.366 e. The molecular formula is C15H12ClN3O2. The fraction of sp³-hybridized carbons (Fsp3) is 0.0667. The number of hydrogen-bond donors (Lipinski definition) is 1. The highest BCUT2D eigenvalue weighted by atomic mass is 35.5. The van der Waals surface area contributed by atoms with Gasteiger partial charge in [-0.2, -0.15) is 0 Å². The van der Waals surface area contributed by atoms with Crippen molar-refractivity contribution < 1.29 is 9.63 Å². The molecular weight excluding hydrogens is 290 g/mol. The van der Waals surface area contributed by atoms with Crippen LogP contribution in [0.25, 0.3) is 0 Å². The van der Waals surface area contributed by atoms with E-state index >= 15 is 0 Å². The molecule has 21 heavy (non-hydrogen) atoms. The van der Waals surface area contributed by atoms with Crippen LogP contribution in [-0.2, 0) is 14.7 Å². The Morgan fingerprint density at radius 3 is 2.52 bits per heavy atom. The molecule has 5 nitrogen and oxygen atoms in total. The minimum atomic E-state index is -1.45. The summed E-state index contributed by atoms with van der Waals surface area (Å²) in [6, 6.07) is 14.3. The van der Waals surface area contributed by atoms with Gasteiger partial charge in [0, 0.05) is 18.0 Å². The number of nitrogens with zero attached hydrogens (tertiary/aromatic N) is 2. The molecule has 3 rings (SSSR count). The molecule has 0 radical (unpaired) electrons. The summed E-state index contributed by atoms with van der Waals surface area (Å²) in [5, 5.41) is -0.106. The largest absolute Gasteiger partial charge is 0.366 e. The van der Waals surface area contributed by atoms with Crippen molar-refractivity contribution in [1.82, 2.24) is 4.98 Å². The monoisotopic (exact) mass is 301 g/mol. The molecule has 1 unspecified atom stereocenters. The summed E-state index contributed by atoms with van der Waals surface area (Å²) >= 11 is 6.54. The lowest BCUT2D eigenvalue weighted by Crippen LogP contribution is -2.31. The van der Waals surface area contributed by atoms with E-state index in [0.29, 0.717) is 11.4 Å². The number of alkyl halides is 1. The van der Waals surface area contributed by atoms with E-state index in [0.717, 1.165) is 0 Å². The number of benzene rings is 1. The Morgan fingerprint density at radius 2 is 1.90 bits per heavy atom. The predicted octanol–water partition coefficient (Wildman–Crippen LogP) is 2.29. The molecule has 2 heterocycles. The average molecular weight is 302 g/mol. The number of aromatic nitrogens is 1. The number of anilines is 1. The highest BCUT2D eigenvalue weighted by Gasteiger charge is 2.46. The highest BCUT2D eigenvalue weighted by molar-refractivity contribution is 6.28. The van der Waals surface area contributed by atoms with E-state index in [9.17, 15) is 4.79 Å². The van der Waals surface area contributed by atoms with Crippen molar-refractivity contribution in [3.63, 3.8) is 0 Å². The quantitative estimate of drug-likeness (QED) is 0.883. The van der Waals surface area contributed by atoms with E-state index in [2.05, 4.69) is 4.98 Å². The van der Waals surface area contributed by atoms with Crippen LogP contribution in [0, 0.1) is 0 Å². The summed E-state index contributed by atoms with van der Waals surface area (Å²) in [5.74, 6) is -0.137. The lowest BCUT2D eigenvalue weighted by atomic mass is 10.0. The molecule has 1 aromatic heterocycles. The number of hydrogen-bond acceptors (Lipinski definition) is 4. The van der Waals surface area contributed by atoms with Crippen molar-refractivity contribution >= 4 is 23.3 Å².